The first-order valence-electron chi connectivity index (χ1n) is 17.2. The molecule has 0 N–H and O–H groups in total. The summed E-state index contributed by atoms with van der Waals surface area (Å²) < 4.78 is 0. The standard InChI is InChI=1S/C46H32N6/c1-3-7-33(8-4-1)45-41-13-11-40(52(37-19-27-49-28-20-37)38-21-29-50-30-22-38)32-44(41)46(34-9-5-2-6-10-34)42-14-12-39(31-43(42)45)51(35-15-23-47-24-16-35)36-17-25-48-26-18-36/h1-32H. The molecule has 0 aliphatic heterocycles. The number of hydrogen-bond acceptors (Lipinski definition) is 6. The first-order chi connectivity index (χ1) is 25.8. The zero-order valence-electron chi connectivity index (χ0n) is 28.2. The lowest BCUT2D eigenvalue weighted by Crippen LogP contribution is -2.10. The van der Waals surface area contributed by atoms with Crippen LogP contribution in [0.3, 0.4) is 0 Å². The topological polar surface area (TPSA) is 58.0 Å². The van der Waals surface area contributed by atoms with Gasteiger partial charge in [0.05, 0.1) is 0 Å². The van der Waals surface area contributed by atoms with E-state index in [1.165, 1.54) is 21.9 Å². The molecule has 9 rings (SSSR count). The van der Waals surface area contributed by atoms with E-state index in [4.69, 9.17) is 0 Å². The fourth-order valence-corrected chi connectivity index (χ4v) is 7.18. The van der Waals surface area contributed by atoms with Crippen LogP contribution in [0, 0.1) is 0 Å². The van der Waals surface area contributed by atoms with Gasteiger partial charge in [0, 0.05) is 83.7 Å². The first kappa shape index (κ1) is 30.8. The van der Waals surface area contributed by atoms with Crippen LogP contribution in [0.2, 0.25) is 0 Å². The molecule has 0 radical (unpaired) electrons. The SMILES string of the molecule is c1ccc(-c2c3ccc(N(c4ccncc4)c4ccncc4)cc3c(-c3ccccc3)c3ccc(N(c4ccncc4)c4ccncc4)cc23)cc1. The quantitative estimate of drug-likeness (QED) is 0.150. The lowest BCUT2D eigenvalue weighted by Gasteiger charge is -2.28. The van der Waals surface area contributed by atoms with E-state index in [-0.39, 0.29) is 0 Å². The van der Waals surface area contributed by atoms with E-state index in [2.05, 4.69) is 127 Å². The highest BCUT2D eigenvalue weighted by Gasteiger charge is 2.22. The second kappa shape index (κ2) is 13.6. The monoisotopic (exact) mass is 668 g/mol. The number of aromatic nitrogens is 4. The molecular weight excluding hydrogens is 637 g/mol. The van der Waals surface area contributed by atoms with Crippen molar-refractivity contribution in [3.05, 3.63) is 195 Å². The molecule has 246 valence electrons. The molecule has 52 heavy (non-hydrogen) atoms. The Morgan fingerprint density at radius 3 is 0.885 bits per heavy atom. The van der Waals surface area contributed by atoms with Gasteiger partial charge in [-0.1, -0.05) is 72.8 Å². The van der Waals surface area contributed by atoms with Crippen LogP contribution in [0.1, 0.15) is 0 Å². The summed E-state index contributed by atoms with van der Waals surface area (Å²) in [6, 6.07) is 51.4. The predicted octanol–water partition coefficient (Wildman–Crippen LogP) is 11.8. The Morgan fingerprint density at radius 1 is 0.269 bits per heavy atom. The summed E-state index contributed by atoms with van der Waals surface area (Å²) in [6.45, 7) is 0. The van der Waals surface area contributed by atoms with Crippen molar-refractivity contribution in [3.63, 3.8) is 0 Å². The van der Waals surface area contributed by atoms with Crippen LogP contribution in [0.15, 0.2) is 195 Å². The second-order valence-electron chi connectivity index (χ2n) is 12.4. The highest BCUT2D eigenvalue weighted by atomic mass is 15.1. The van der Waals surface area contributed by atoms with Crippen molar-refractivity contribution in [2.24, 2.45) is 0 Å². The summed E-state index contributed by atoms with van der Waals surface area (Å²) in [5, 5.41) is 4.66. The van der Waals surface area contributed by atoms with Crippen LogP contribution in [-0.2, 0) is 0 Å². The van der Waals surface area contributed by atoms with E-state index in [1.54, 1.807) is 0 Å². The summed E-state index contributed by atoms with van der Waals surface area (Å²) in [6.07, 6.45) is 14.7. The van der Waals surface area contributed by atoms with Gasteiger partial charge in [0.2, 0.25) is 0 Å². The van der Waals surface area contributed by atoms with Gasteiger partial charge in [0.25, 0.3) is 0 Å². The lowest BCUT2D eigenvalue weighted by atomic mass is 9.85. The van der Waals surface area contributed by atoms with Crippen molar-refractivity contribution in [3.8, 4) is 22.3 Å². The summed E-state index contributed by atoms with van der Waals surface area (Å²) in [7, 11) is 0. The van der Waals surface area contributed by atoms with Crippen LogP contribution in [-0.4, -0.2) is 19.9 Å². The minimum Gasteiger partial charge on any atom is -0.310 e. The average molecular weight is 669 g/mol. The van der Waals surface area contributed by atoms with E-state index in [1.807, 2.05) is 98.1 Å². The third-order valence-electron chi connectivity index (χ3n) is 9.41. The van der Waals surface area contributed by atoms with Gasteiger partial charge in [-0.05, 0) is 117 Å². The molecule has 4 aromatic heterocycles. The number of benzene rings is 5. The number of pyridine rings is 4. The fourth-order valence-electron chi connectivity index (χ4n) is 7.18. The average Bonchev–Trinajstić information content (AvgIpc) is 3.22. The molecule has 5 aromatic carbocycles. The van der Waals surface area contributed by atoms with Gasteiger partial charge in [-0.3, -0.25) is 19.9 Å². The van der Waals surface area contributed by atoms with Gasteiger partial charge in [0.15, 0.2) is 0 Å². The Morgan fingerprint density at radius 2 is 0.577 bits per heavy atom. The van der Waals surface area contributed by atoms with E-state index < -0.39 is 0 Å². The predicted molar refractivity (Wildman–Crippen MR) is 213 cm³/mol. The third-order valence-corrected chi connectivity index (χ3v) is 9.41. The smallest absolute Gasteiger partial charge is 0.0492 e. The normalized spacial score (nSPS) is 11.1. The first-order valence-corrected chi connectivity index (χ1v) is 17.2. The maximum Gasteiger partial charge on any atom is 0.0492 e. The minimum atomic E-state index is 1.02. The second-order valence-corrected chi connectivity index (χ2v) is 12.4. The molecular formula is C46H32N6. The molecule has 0 amide bonds. The zero-order valence-corrected chi connectivity index (χ0v) is 28.2. The number of rotatable bonds is 8. The third kappa shape index (κ3) is 5.68. The molecule has 0 aliphatic carbocycles. The molecule has 0 aliphatic rings. The maximum atomic E-state index is 4.31. The van der Waals surface area contributed by atoms with Crippen molar-refractivity contribution >= 4 is 55.7 Å². The molecule has 0 bridgehead atoms. The van der Waals surface area contributed by atoms with Gasteiger partial charge in [-0.2, -0.15) is 0 Å². The van der Waals surface area contributed by atoms with E-state index in [0.29, 0.717) is 0 Å². The number of fused-ring (bicyclic) bond motifs is 2. The van der Waals surface area contributed by atoms with Crippen molar-refractivity contribution in [1.82, 2.24) is 19.9 Å². The Labute approximate surface area is 302 Å². The fraction of sp³-hybridized carbons (Fsp3) is 0. The Kier molecular flexibility index (Phi) is 8.08. The van der Waals surface area contributed by atoms with Crippen molar-refractivity contribution in [2.75, 3.05) is 9.80 Å². The van der Waals surface area contributed by atoms with E-state index in [9.17, 15) is 0 Å². The highest BCUT2D eigenvalue weighted by Crippen LogP contribution is 2.48. The zero-order chi connectivity index (χ0) is 34.7. The summed E-state index contributed by atoms with van der Waals surface area (Å²) in [4.78, 5) is 21.7. The number of anilines is 6. The van der Waals surface area contributed by atoms with E-state index >= 15 is 0 Å². The van der Waals surface area contributed by atoms with Crippen LogP contribution < -0.4 is 9.80 Å². The molecule has 4 heterocycles. The summed E-state index contributed by atoms with van der Waals surface area (Å²) in [5.41, 5.74) is 10.8. The molecule has 0 atom stereocenters. The molecule has 0 spiro atoms. The van der Waals surface area contributed by atoms with E-state index in [0.717, 1.165) is 56.0 Å². The van der Waals surface area contributed by atoms with Gasteiger partial charge < -0.3 is 9.80 Å². The van der Waals surface area contributed by atoms with Gasteiger partial charge in [-0.25, -0.2) is 0 Å². The van der Waals surface area contributed by atoms with Crippen molar-refractivity contribution < 1.29 is 0 Å². The summed E-state index contributed by atoms with van der Waals surface area (Å²) >= 11 is 0. The largest absolute Gasteiger partial charge is 0.310 e. The lowest BCUT2D eigenvalue weighted by molar-refractivity contribution is 1.22. The van der Waals surface area contributed by atoms with Crippen molar-refractivity contribution in [1.29, 1.82) is 0 Å². The molecule has 6 nitrogen and oxygen atoms in total. The Hall–Kier alpha value is -7.18. The minimum absolute atomic E-state index is 1.02. The van der Waals surface area contributed by atoms with Crippen LogP contribution >= 0.6 is 0 Å². The van der Waals surface area contributed by atoms with Crippen LogP contribution in [0.25, 0.3) is 43.8 Å². The number of hydrogen-bond donors (Lipinski definition) is 0. The van der Waals surface area contributed by atoms with Gasteiger partial charge in [-0.15, -0.1) is 0 Å². The summed E-state index contributed by atoms with van der Waals surface area (Å²) in [5.74, 6) is 0. The Balaban J connectivity index is 1.37. The molecule has 0 saturated carbocycles. The maximum absolute atomic E-state index is 4.31. The van der Waals surface area contributed by atoms with Gasteiger partial charge >= 0.3 is 0 Å². The highest BCUT2D eigenvalue weighted by molar-refractivity contribution is 6.22. The number of nitrogens with zero attached hydrogens (tertiary/aromatic N) is 6. The molecule has 6 heteroatoms. The van der Waals surface area contributed by atoms with Crippen molar-refractivity contribution in [2.45, 2.75) is 0 Å². The molecule has 0 unspecified atom stereocenters. The van der Waals surface area contributed by atoms with Crippen LogP contribution in [0.4, 0.5) is 34.1 Å². The molecule has 0 saturated heterocycles. The molecule has 0 fully saturated rings. The Bertz CT molecular complexity index is 2340. The molecule has 9 aromatic rings. The van der Waals surface area contributed by atoms with Gasteiger partial charge in [0.1, 0.15) is 0 Å². The van der Waals surface area contributed by atoms with Crippen LogP contribution in [0.5, 0.6) is 0 Å².